The number of carboxylic acids is 2. The second-order valence-corrected chi connectivity index (χ2v) is 6.13. The molecule has 6 heteroatoms. The van der Waals surface area contributed by atoms with Gasteiger partial charge in [-0.1, -0.05) is 48.5 Å². The molecule has 0 saturated heterocycles. The van der Waals surface area contributed by atoms with Gasteiger partial charge in [0, 0.05) is 10.8 Å². The molecule has 0 bridgehead atoms. The van der Waals surface area contributed by atoms with Crippen molar-refractivity contribution in [3.05, 3.63) is 84.2 Å². The van der Waals surface area contributed by atoms with Gasteiger partial charge in [-0.3, -0.25) is 19.6 Å². The highest BCUT2D eigenvalue weighted by Gasteiger charge is 2.03. The number of carbonyl (C=O) groups is 2. The highest BCUT2D eigenvalue weighted by molar-refractivity contribution is 5.80. The second kappa shape index (κ2) is 8.73. The van der Waals surface area contributed by atoms with Crippen LogP contribution in [0.4, 0.5) is 0 Å². The Hall–Kier alpha value is -3.80. The predicted octanol–water partition coefficient (Wildman–Crippen LogP) is 3.72. The van der Waals surface area contributed by atoms with E-state index in [1.807, 2.05) is 60.7 Å². The molecule has 0 spiro atoms. The van der Waals surface area contributed by atoms with Gasteiger partial charge in [0.2, 0.25) is 0 Å². The van der Waals surface area contributed by atoms with E-state index >= 15 is 0 Å². The number of benzene rings is 2. The number of nitrogens with zero attached hydrogens (tertiary/aromatic N) is 2. The Morgan fingerprint density at radius 3 is 1.39 bits per heavy atom. The highest BCUT2D eigenvalue weighted by atomic mass is 16.4. The van der Waals surface area contributed by atoms with Gasteiger partial charge in [0.25, 0.3) is 0 Å². The fraction of sp³-hybridized carbons (Fsp3) is 0.0909. The molecule has 140 valence electrons. The van der Waals surface area contributed by atoms with Crippen molar-refractivity contribution in [1.82, 2.24) is 9.97 Å². The Morgan fingerprint density at radius 2 is 1.00 bits per heavy atom. The molecule has 0 aliphatic heterocycles. The molecule has 2 aromatic carbocycles. The molecule has 4 aromatic rings. The Morgan fingerprint density at radius 1 is 0.607 bits per heavy atom. The van der Waals surface area contributed by atoms with Crippen molar-refractivity contribution in [2.75, 3.05) is 0 Å². The van der Waals surface area contributed by atoms with E-state index in [1.165, 1.54) is 0 Å². The first-order chi connectivity index (χ1) is 13.5. The minimum atomic E-state index is -0.854. The zero-order valence-corrected chi connectivity index (χ0v) is 14.9. The van der Waals surface area contributed by atoms with Crippen LogP contribution in [0.3, 0.4) is 0 Å². The first kappa shape index (κ1) is 19.0. The van der Waals surface area contributed by atoms with Crippen LogP contribution in [0.25, 0.3) is 21.8 Å². The number of rotatable bonds is 4. The Balaban J connectivity index is 0.000000161. The number of hydrogen-bond acceptors (Lipinski definition) is 4. The van der Waals surface area contributed by atoms with Gasteiger partial charge in [0.05, 0.1) is 35.3 Å². The molecule has 28 heavy (non-hydrogen) atoms. The van der Waals surface area contributed by atoms with Gasteiger partial charge in [-0.25, -0.2) is 0 Å². The van der Waals surface area contributed by atoms with Gasteiger partial charge in [-0.05, 0) is 24.3 Å². The summed E-state index contributed by atoms with van der Waals surface area (Å²) in [5.41, 5.74) is 2.87. The predicted molar refractivity (Wildman–Crippen MR) is 106 cm³/mol. The minimum absolute atomic E-state index is 0.0230. The van der Waals surface area contributed by atoms with E-state index in [4.69, 9.17) is 10.2 Å². The fourth-order valence-corrected chi connectivity index (χ4v) is 2.72. The molecule has 4 rings (SSSR count). The third kappa shape index (κ3) is 5.11. The Labute approximate surface area is 161 Å². The van der Waals surface area contributed by atoms with E-state index in [2.05, 4.69) is 9.97 Å². The average molecular weight is 374 g/mol. The molecule has 0 unspecified atom stereocenters. The summed E-state index contributed by atoms with van der Waals surface area (Å²) in [4.78, 5) is 29.4. The van der Waals surface area contributed by atoms with Gasteiger partial charge in [-0.2, -0.15) is 0 Å². The van der Waals surface area contributed by atoms with Crippen molar-refractivity contribution >= 4 is 33.7 Å². The lowest BCUT2D eigenvalue weighted by atomic mass is 10.2. The topological polar surface area (TPSA) is 100 Å². The van der Waals surface area contributed by atoms with Crippen LogP contribution in [-0.2, 0) is 22.4 Å². The van der Waals surface area contributed by atoms with Crippen LogP contribution in [0.5, 0.6) is 0 Å². The molecular weight excluding hydrogens is 356 g/mol. The van der Waals surface area contributed by atoms with Crippen molar-refractivity contribution in [3.8, 4) is 0 Å². The largest absolute Gasteiger partial charge is 0.481 e. The maximum absolute atomic E-state index is 10.5. The van der Waals surface area contributed by atoms with Crippen LogP contribution in [0.15, 0.2) is 72.8 Å². The van der Waals surface area contributed by atoms with Crippen molar-refractivity contribution in [2.45, 2.75) is 12.8 Å². The summed E-state index contributed by atoms with van der Waals surface area (Å²) in [6.45, 7) is 0. The number of para-hydroxylation sites is 2. The molecule has 6 nitrogen and oxygen atoms in total. The molecule has 2 aromatic heterocycles. The second-order valence-electron chi connectivity index (χ2n) is 6.13. The highest BCUT2D eigenvalue weighted by Crippen LogP contribution is 2.12. The molecule has 0 radical (unpaired) electrons. The van der Waals surface area contributed by atoms with E-state index in [0.717, 1.165) is 21.8 Å². The molecule has 0 saturated carbocycles. The van der Waals surface area contributed by atoms with Crippen LogP contribution >= 0.6 is 0 Å². The molecule has 0 atom stereocenters. The van der Waals surface area contributed by atoms with Crippen LogP contribution < -0.4 is 0 Å². The molecule has 2 heterocycles. The number of aromatic nitrogens is 2. The lowest BCUT2D eigenvalue weighted by molar-refractivity contribution is -0.137. The maximum Gasteiger partial charge on any atom is 0.309 e. The maximum atomic E-state index is 10.5. The summed E-state index contributed by atoms with van der Waals surface area (Å²) >= 11 is 0. The van der Waals surface area contributed by atoms with Gasteiger partial charge >= 0.3 is 11.9 Å². The fourth-order valence-electron chi connectivity index (χ4n) is 2.72. The molecule has 0 amide bonds. The van der Waals surface area contributed by atoms with Crippen LogP contribution in [0, 0.1) is 0 Å². The van der Waals surface area contributed by atoms with E-state index in [1.54, 1.807) is 12.1 Å². The van der Waals surface area contributed by atoms with Gasteiger partial charge in [0.15, 0.2) is 0 Å². The first-order valence-corrected chi connectivity index (χ1v) is 8.64. The summed E-state index contributed by atoms with van der Waals surface area (Å²) in [6, 6.07) is 22.6. The van der Waals surface area contributed by atoms with Crippen LogP contribution in [0.1, 0.15) is 11.4 Å². The molecule has 0 aliphatic carbocycles. The van der Waals surface area contributed by atoms with E-state index in [9.17, 15) is 9.59 Å². The summed E-state index contributed by atoms with van der Waals surface area (Å²) in [5.74, 6) is -1.71. The normalized spacial score (nSPS) is 10.3. The smallest absolute Gasteiger partial charge is 0.309 e. The van der Waals surface area contributed by atoms with Gasteiger partial charge in [0.1, 0.15) is 0 Å². The van der Waals surface area contributed by atoms with Gasteiger partial charge < -0.3 is 10.2 Å². The number of pyridine rings is 2. The summed E-state index contributed by atoms with van der Waals surface area (Å²) < 4.78 is 0. The minimum Gasteiger partial charge on any atom is -0.481 e. The van der Waals surface area contributed by atoms with E-state index in [0.29, 0.717) is 11.4 Å². The molecule has 2 N–H and O–H groups in total. The molecular formula is C22H18N2O4. The summed E-state index contributed by atoms with van der Waals surface area (Å²) in [7, 11) is 0. The van der Waals surface area contributed by atoms with Crippen LogP contribution in [0.2, 0.25) is 0 Å². The lowest BCUT2D eigenvalue weighted by Crippen LogP contribution is -2.01. The third-order valence-electron chi connectivity index (χ3n) is 3.98. The summed E-state index contributed by atoms with van der Waals surface area (Å²) in [5, 5.41) is 19.3. The SMILES string of the molecule is O=C(O)Cc1ccc2ccccc2n1.O=C(O)Cc1ccc2ccccc2n1. The Kier molecular flexibility index (Phi) is 5.91. The number of hydrogen-bond donors (Lipinski definition) is 2. The van der Waals surface area contributed by atoms with Crippen LogP contribution in [-0.4, -0.2) is 32.1 Å². The average Bonchev–Trinajstić information content (AvgIpc) is 2.67. The zero-order valence-electron chi connectivity index (χ0n) is 14.9. The quantitative estimate of drug-likeness (QED) is 0.565. The number of carboxylic acid groups (broad SMARTS) is 2. The van der Waals surface area contributed by atoms with Crippen molar-refractivity contribution < 1.29 is 19.8 Å². The van der Waals surface area contributed by atoms with E-state index < -0.39 is 11.9 Å². The van der Waals surface area contributed by atoms with Gasteiger partial charge in [-0.15, -0.1) is 0 Å². The number of aliphatic carboxylic acids is 2. The number of fused-ring (bicyclic) bond motifs is 2. The van der Waals surface area contributed by atoms with E-state index in [-0.39, 0.29) is 12.8 Å². The van der Waals surface area contributed by atoms with Crippen molar-refractivity contribution in [1.29, 1.82) is 0 Å². The third-order valence-corrected chi connectivity index (χ3v) is 3.98. The zero-order chi connectivity index (χ0) is 19.9. The van der Waals surface area contributed by atoms with Crippen molar-refractivity contribution in [2.24, 2.45) is 0 Å². The summed E-state index contributed by atoms with van der Waals surface area (Å²) in [6.07, 6.45) is -0.0460. The molecule has 0 aliphatic rings. The first-order valence-electron chi connectivity index (χ1n) is 8.64. The lowest BCUT2D eigenvalue weighted by Gasteiger charge is -1.99. The Bertz CT molecular complexity index is 1050. The van der Waals surface area contributed by atoms with Crippen molar-refractivity contribution in [3.63, 3.8) is 0 Å². The molecule has 0 fully saturated rings. The monoisotopic (exact) mass is 374 g/mol. The standard InChI is InChI=1S/2C11H9NO2/c2*13-11(14)7-9-6-5-8-3-1-2-4-10(8)12-9/h2*1-6H,7H2,(H,13,14).